The molecule has 0 atom stereocenters. The number of aromatic nitrogens is 2. The van der Waals surface area contributed by atoms with E-state index in [1.54, 1.807) is 17.5 Å². The van der Waals surface area contributed by atoms with Crippen LogP contribution < -0.4 is 5.32 Å². The SMILES string of the molecule is CCc1cc(C(=O)NCc2ccccc2Cn2cccn2)sc1C. The number of nitrogens with zero attached hydrogens (tertiary/aromatic N) is 2. The first-order chi connectivity index (χ1) is 11.7. The van der Waals surface area contributed by atoms with Crippen molar-refractivity contribution in [1.29, 1.82) is 0 Å². The molecule has 0 saturated heterocycles. The largest absolute Gasteiger partial charge is 0.347 e. The van der Waals surface area contributed by atoms with Crippen molar-refractivity contribution in [2.45, 2.75) is 33.4 Å². The van der Waals surface area contributed by atoms with Crippen molar-refractivity contribution < 1.29 is 4.79 Å². The summed E-state index contributed by atoms with van der Waals surface area (Å²) < 4.78 is 1.89. The molecule has 1 amide bonds. The van der Waals surface area contributed by atoms with Gasteiger partial charge in [0.15, 0.2) is 0 Å². The molecule has 5 heteroatoms. The molecule has 0 unspecified atom stereocenters. The van der Waals surface area contributed by atoms with Gasteiger partial charge in [0.25, 0.3) is 5.91 Å². The smallest absolute Gasteiger partial charge is 0.261 e. The van der Waals surface area contributed by atoms with E-state index in [9.17, 15) is 4.79 Å². The summed E-state index contributed by atoms with van der Waals surface area (Å²) in [7, 11) is 0. The van der Waals surface area contributed by atoms with Crippen molar-refractivity contribution in [2.24, 2.45) is 0 Å². The Morgan fingerprint density at radius 1 is 1.21 bits per heavy atom. The van der Waals surface area contributed by atoms with Gasteiger partial charge in [-0.05, 0) is 42.2 Å². The number of aryl methyl sites for hydroxylation is 2. The average Bonchev–Trinajstić information content (AvgIpc) is 3.23. The summed E-state index contributed by atoms with van der Waals surface area (Å²) in [4.78, 5) is 14.4. The lowest BCUT2D eigenvalue weighted by atomic mass is 10.1. The number of carbonyl (C=O) groups excluding carboxylic acids is 1. The molecule has 0 spiro atoms. The maximum atomic E-state index is 12.4. The maximum absolute atomic E-state index is 12.4. The highest BCUT2D eigenvalue weighted by atomic mass is 32.1. The highest BCUT2D eigenvalue weighted by Gasteiger charge is 2.12. The van der Waals surface area contributed by atoms with Gasteiger partial charge in [-0.15, -0.1) is 11.3 Å². The zero-order valence-electron chi connectivity index (χ0n) is 14.0. The van der Waals surface area contributed by atoms with Crippen LogP contribution in [0.1, 0.15) is 38.2 Å². The molecule has 3 aromatic rings. The molecule has 2 heterocycles. The van der Waals surface area contributed by atoms with E-state index in [1.807, 2.05) is 35.1 Å². The van der Waals surface area contributed by atoms with Crippen LogP contribution in [0.3, 0.4) is 0 Å². The minimum absolute atomic E-state index is 0.00306. The molecule has 1 N–H and O–H groups in total. The molecule has 0 aliphatic heterocycles. The van der Waals surface area contributed by atoms with E-state index in [1.165, 1.54) is 10.4 Å². The van der Waals surface area contributed by atoms with Gasteiger partial charge in [0, 0.05) is 23.8 Å². The standard InChI is InChI=1S/C19H21N3OS/c1-3-15-11-18(24-14(15)2)19(23)20-12-16-7-4-5-8-17(16)13-22-10-6-9-21-22/h4-11H,3,12-13H2,1-2H3,(H,20,23). The van der Waals surface area contributed by atoms with E-state index in [2.05, 4.69) is 36.4 Å². The summed E-state index contributed by atoms with van der Waals surface area (Å²) in [6, 6.07) is 12.1. The second kappa shape index (κ2) is 7.45. The van der Waals surface area contributed by atoms with Gasteiger partial charge in [0.05, 0.1) is 11.4 Å². The van der Waals surface area contributed by atoms with Crippen LogP contribution >= 0.6 is 11.3 Å². The first kappa shape index (κ1) is 16.5. The lowest BCUT2D eigenvalue weighted by Crippen LogP contribution is -2.22. The summed E-state index contributed by atoms with van der Waals surface area (Å²) in [6.07, 6.45) is 4.67. The van der Waals surface area contributed by atoms with E-state index in [4.69, 9.17) is 0 Å². The highest BCUT2D eigenvalue weighted by Crippen LogP contribution is 2.22. The van der Waals surface area contributed by atoms with Crippen LogP contribution in [0.4, 0.5) is 0 Å². The van der Waals surface area contributed by atoms with Gasteiger partial charge in [-0.2, -0.15) is 5.10 Å². The first-order valence-electron chi connectivity index (χ1n) is 8.09. The van der Waals surface area contributed by atoms with Crippen LogP contribution in [0.5, 0.6) is 0 Å². The van der Waals surface area contributed by atoms with Gasteiger partial charge >= 0.3 is 0 Å². The predicted molar refractivity (Wildman–Crippen MR) is 97.4 cm³/mol. The van der Waals surface area contributed by atoms with Crippen molar-refractivity contribution in [3.63, 3.8) is 0 Å². The fourth-order valence-corrected chi connectivity index (χ4v) is 3.73. The molecule has 124 valence electrons. The molecule has 24 heavy (non-hydrogen) atoms. The number of carbonyl (C=O) groups is 1. The third-order valence-electron chi connectivity index (χ3n) is 4.07. The van der Waals surface area contributed by atoms with Gasteiger partial charge in [-0.3, -0.25) is 9.48 Å². The molecule has 4 nitrogen and oxygen atoms in total. The average molecular weight is 339 g/mol. The minimum Gasteiger partial charge on any atom is -0.347 e. The highest BCUT2D eigenvalue weighted by molar-refractivity contribution is 7.14. The van der Waals surface area contributed by atoms with Gasteiger partial charge in [0.2, 0.25) is 0 Å². The molecule has 0 aliphatic rings. The summed E-state index contributed by atoms with van der Waals surface area (Å²) in [5, 5.41) is 7.29. The Morgan fingerprint density at radius 3 is 2.67 bits per heavy atom. The van der Waals surface area contributed by atoms with Gasteiger partial charge < -0.3 is 5.32 Å². The summed E-state index contributed by atoms with van der Waals surface area (Å²) in [5.74, 6) is -0.00306. The molecule has 0 saturated carbocycles. The lowest BCUT2D eigenvalue weighted by Gasteiger charge is -2.10. The van der Waals surface area contributed by atoms with Crippen molar-refractivity contribution in [3.8, 4) is 0 Å². The summed E-state index contributed by atoms with van der Waals surface area (Å²) in [5.41, 5.74) is 3.53. The van der Waals surface area contributed by atoms with Crippen LogP contribution in [-0.2, 0) is 19.5 Å². The Labute approximate surface area is 146 Å². The molecule has 0 aliphatic carbocycles. The monoisotopic (exact) mass is 339 g/mol. The van der Waals surface area contributed by atoms with Gasteiger partial charge in [0.1, 0.15) is 0 Å². The predicted octanol–water partition coefficient (Wildman–Crippen LogP) is 3.79. The van der Waals surface area contributed by atoms with E-state index >= 15 is 0 Å². The molecule has 0 radical (unpaired) electrons. The zero-order valence-corrected chi connectivity index (χ0v) is 14.8. The molecule has 2 aromatic heterocycles. The molecule has 3 rings (SSSR count). The van der Waals surface area contributed by atoms with Crippen LogP contribution in [0, 0.1) is 6.92 Å². The second-order valence-electron chi connectivity index (χ2n) is 5.70. The number of amides is 1. The Kier molecular flexibility index (Phi) is 5.11. The normalized spacial score (nSPS) is 10.8. The number of nitrogens with one attached hydrogen (secondary N) is 1. The van der Waals surface area contributed by atoms with Gasteiger partial charge in [-0.1, -0.05) is 31.2 Å². The quantitative estimate of drug-likeness (QED) is 0.743. The van der Waals surface area contributed by atoms with Gasteiger partial charge in [-0.25, -0.2) is 0 Å². The van der Waals surface area contributed by atoms with Crippen molar-refractivity contribution >= 4 is 17.2 Å². The zero-order chi connectivity index (χ0) is 16.9. The number of hydrogen-bond donors (Lipinski definition) is 1. The molecule has 0 bridgehead atoms. The van der Waals surface area contributed by atoms with Crippen molar-refractivity contribution in [3.05, 3.63) is 75.2 Å². The molecule has 1 aromatic carbocycles. The fraction of sp³-hybridized carbons (Fsp3) is 0.263. The topological polar surface area (TPSA) is 46.9 Å². The fourth-order valence-electron chi connectivity index (χ4n) is 2.70. The van der Waals surface area contributed by atoms with E-state index in [0.29, 0.717) is 13.1 Å². The number of thiophene rings is 1. The van der Waals surface area contributed by atoms with Crippen molar-refractivity contribution in [2.75, 3.05) is 0 Å². The Hall–Kier alpha value is -2.40. The molecule has 0 fully saturated rings. The van der Waals surface area contributed by atoms with Crippen LogP contribution in [0.25, 0.3) is 0 Å². The van der Waals surface area contributed by atoms with Crippen LogP contribution in [0.2, 0.25) is 0 Å². The van der Waals surface area contributed by atoms with E-state index in [0.717, 1.165) is 22.4 Å². The number of benzene rings is 1. The molecular weight excluding hydrogens is 318 g/mol. The van der Waals surface area contributed by atoms with E-state index in [-0.39, 0.29) is 5.91 Å². The summed E-state index contributed by atoms with van der Waals surface area (Å²) in [6.45, 7) is 5.41. The molecular formula is C19H21N3OS. The maximum Gasteiger partial charge on any atom is 0.261 e. The number of rotatable bonds is 6. The third-order valence-corrected chi connectivity index (χ3v) is 5.17. The van der Waals surface area contributed by atoms with E-state index < -0.39 is 0 Å². The van der Waals surface area contributed by atoms with Crippen molar-refractivity contribution in [1.82, 2.24) is 15.1 Å². The van der Waals surface area contributed by atoms with Crippen LogP contribution in [0.15, 0.2) is 48.8 Å². The Bertz CT molecular complexity index is 821. The number of hydrogen-bond acceptors (Lipinski definition) is 3. The first-order valence-corrected chi connectivity index (χ1v) is 8.90. The third kappa shape index (κ3) is 3.74. The minimum atomic E-state index is -0.00306. The second-order valence-corrected chi connectivity index (χ2v) is 6.96. The summed E-state index contributed by atoms with van der Waals surface area (Å²) >= 11 is 1.56. The van der Waals surface area contributed by atoms with Crippen LogP contribution in [-0.4, -0.2) is 15.7 Å². The Morgan fingerprint density at radius 2 is 2.00 bits per heavy atom. The lowest BCUT2D eigenvalue weighted by molar-refractivity contribution is 0.0955. The Balaban J connectivity index is 1.69.